The summed E-state index contributed by atoms with van der Waals surface area (Å²) < 4.78 is 1.17. The molecule has 1 rings (SSSR count). The molecule has 96 valence electrons. The monoisotopic (exact) mass is 297 g/mol. The maximum absolute atomic E-state index is 3.53. The summed E-state index contributed by atoms with van der Waals surface area (Å²) >= 11 is 3.53. The van der Waals surface area contributed by atoms with Crippen molar-refractivity contribution < 1.29 is 0 Å². The molecule has 0 radical (unpaired) electrons. The van der Waals surface area contributed by atoms with Gasteiger partial charge in [0.05, 0.1) is 0 Å². The van der Waals surface area contributed by atoms with Crippen LogP contribution in [0.15, 0.2) is 28.7 Å². The fourth-order valence-electron chi connectivity index (χ4n) is 2.23. The van der Waals surface area contributed by atoms with Gasteiger partial charge in [-0.3, -0.25) is 0 Å². The standard InChI is InChI=1S/C15H24BrN/c1-4-5-7-12(2)15(17-3)11-13-8-6-9-14(16)10-13/h6,8-10,12,15,17H,4-5,7,11H2,1-3H3. The first-order valence-corrected chi connectivity index (χ1v) is 7.38. The molecule has 2 atom stereocenters. The van der Waals surface area contributed by atoms with Crippen molar-refractivity contribution in [2.45, 2.75) is 45.6 Å². The lowest BCUT2D eigenvalue weighted by molar-refractivity contribution is 0.365. The van der Waals surface area contributed by atoms with Crippen LogP contribution < -0.4 is 5.32 Å². The van der Waals surface area contributed by atoms with Crippen LogP contribution in [0.5, 0.6) is 0 Å². The summed E-state index contributed by atoms with van der Waals surface area (Å²) in [6.07, 6.45) is 5.05. The highest BCUT2D eigenvalue weighted by molar-refractivity contribution is 9.10. The molecule has 0 saturated carbocycles. The third-order valence-electron chi connectivity index (χ3n) is 3.42. The Morgan fingerprint density at radius 1 is 1.35 bits per heavy atom. The van der Waals surface area contributed by atoms with E-state index in [0.29, 0.717) is 6.04 Å². The molecule has 1 N–H and O–H groups in total. The summed E-state index contributed by atoms with van der Waals surface area (Å²) in [6.45, 7) is 4.62. The molecule has 0 aliphatic heterocycles. The fraction of sp³-hybridized carbons (Fsp3) is 0.600. The fourth-order valence-corrected chi connectivity index (χ4v) is 2.68. The number of benzene rings is 1. The zero-order chi connectivity index (χ0) is 12.7. The Bertz CT molecular complexity index is 324. The van der Waals surface area contributed by atoms with Crippen molar-refractivity contribution in [3.8, 4) is 0 Å². The van der Waals surface area contributed by atoms with Gasteiger partial charge in [-0.15, -0.1) is 0 Å². The molecule has 2 unspecified atom stereocenters. The van der Waals surface area contributed by atoms with Crippen LogP contribution in [0, 0.1) is 5.92 Å². The van der Waals surface area contributed by atoms with E-state index in [2.05, 4.69) is 66.4 Å². The van der Waals surface area contributed by atoms with E-state index in [4.69, 9.17) is 0 Å². The molecule has 0 aliphatic rings. The Kier molecular flexibility index (Phi) is 6.83. The van der Waals surface area contributed by atoms with Crippen LogP contribution in [0.1, 0.15) is 38.7 Å². The zero-order valence-electron chi connectivity index (χ0n) is 11.2. The van der Waals surface area contributed by atoms with Gasteiger partial charge < -0.3 is 5.32 Å². The van der Waals surface area contributed by atoms with Crippen molar-refractivity contribution in [3.63, 3.8) is 0 Å². The summed E-state index contributed by atoms with van der Waals surface area (Å²) in [5.41, 5.74) is 1.40. The van der Waals surface area contributed by atoms with Crippen molar-refractivity contribution in [3.05, 3.63) is 34.3 Å². The van der Waals surface area contributed by atoms with Crippen LogP contribution >= 0.6 is 15.9 Å². The summed E-state index contributed by atoms with van der Waals surface area (Å²) in [7, 11) is 2.07. The lowest BCUT2D eigenvalue weighted by Gasteiger charge is -2.23. The summed E-state index contributed by atoms with van der Waals surface area (Å²) in [6, 6.07) is 9.20. The normalized spacial score (nSPS) is 14.6. The minimum Gasteiger partial charge on any atom is -0.316 e. The Labute approximate surface area is 114 Å². The van der Waals surface area contributed by atoms with Gasteiger partial charge in [0.15, 0.2) is 0 Å². The van der Waals surface area contributed by atoms with Crippen LogP contribution in [0.3, 0.4) is 0 Å². The highest BCUT2D eigenvalue weighted by Gasteiger charge is 2.15. The summed E-state index contributed by atoms with van der Waals surface area (Å²) in [4.78, 5) is 0. The SMILES string of the molecule is CCCCC(C)C(Cc1cccc(Br)c1)NC. The van der Waals surface area contributed by atoms with Crippen LogP contribution in [0.4, 0.5) is 0 Å². The molecule has 0 aromatic heterocycles. The van der Waals surface area contributed by atoms with Crippen LogP contribution in [0.2, 0.25) is 0 Å². The molecule has 0 amide bonds. The molecule has 1 aromatic carbocycles. The predicted molar refractivity (Wildman–Crippen MR) is 79.4 cm³/mol. The van der Waals surface area contributed by atoms with Gasteiger partial charge in [0.2, 0.25) is 0 Å². The van der Waals surface area contributed by atoms with Gasteiger partial charge in [0, 0.05) is 10.5 Å². The van der Waals surface area contributed by atoms with E-state index < -0.39 is 0 Å². The Morgan fingerprint density at radius 2 is 2.12 bits per heavy atom. The van der Waals surface area contributed by atoms with Crippen molar-refractivity contribution in [2.75, 3.05) is 7.05 Å². The number of rotatable bonds is 7. The Morgan fingerprint density at radius 3 is 2.71 bits per heavy atom. The van der Waals surface area contributed by atoms with Gasteiger partial charge in [-0.1, -0.05) is 54.8 Å². The van der Waals surface area contributed by atoms with Gasteiger partial charge in [0.25, 0.3) is 0 Å². The molecule has 2 heteroatoms. The third kappa shape index (κ3) is 5.22. The number of unbranched alkanes of at least 4 members (excludes halogenated alkanes) is 1. The maximum atomic E-state index is 3.53. The first-order chi connectivity index (χ1) is 8.17. The molecule has 0 heterocycles. The Hall–Kier alpha value is -0.340. The van der Waals surface area contributed by atoms with Crippen molar-refractivity contribution >= 4 is 15.9 Å². The minimum atomic E-state index is 0.579. The highest BCUT2D eigenvalue weighted by atomic mass is 79.9. The quantitative estimate of drug-likeness (QED) is 0.786. The van der Waals surface area contributed by atoms with Gasteiger partial charge in [0.1, 0.15) is 0 Å². The second-order valence-corrected chi connectivity index (χ2v) is 5.76. The molecular formula is C15H24BrN. The van der Waals surface area contributed by atoms with Crippen molar-refractivity contribution in [1.29, 1.82) is 0 Å². The largest absolute Gasteiger partial charge is 0.316 e. The van der Waals surface area contributed by atoms with E-state index >= 15 is 0 Å². The smallest absolute Gasteiger partial charge is 0.0178 e. The average molecular weight is 298 g/mol. The summed E-state index contributed by atoms with van der Waals surface area (Å²) in [5, 5.41) is 3.46. The first kappa shape index (κ1) is 14.7. The van der Waals surface area contributed by atoms with Crippen LogP contribution in [-0.4, -0.2) is 13.1 Å². The van der Waals surface area contributed by atoms with E-state index in [9.17, 15) is 0 Å². The molecule has 0 aliphatic carbocycles. The first-order valence-electron chi connectivity index (χ1n) is 6.59. The summed E-state index contributed by atoms with van der Waals surface area (Å²) in [5.74, 6) is 0.735. The second-order valence-electron chi connectivity index (χ2n) is 4.85. The third-order valence-corrected chi connectivity index (χ3v) is 3.91. The molecule has 1 aromatic rings. The van der Waals surface area contributed by atoms with Gasteiger partial charge in [-0.2, -0.15) is 0 Å². The number of likely N-dealkylation sites (N-methyl/N-ethyl adjacent to an activating group) is 1. The zero-order valence-corrected chi connectivity index (χ0v) is 12.8. The number of halogens is 1. The molecule has 1 nitrogen and oxygen atoms in total. The van der Waals surface area contributed by atoms with E-state index in [1.54, 1.807) is 0 Å². The second kappa shape index (κ2) is 7.88. The minimum absolute atomic E-state index is 0.579. The van der Waals surface area contributed by atoms with E-state index in [1.807, 2.05) is 0 Å². The molecule has 0 spiro atoms. The lowest BCUT2D eigenvalue weighted by atomic mass is 9.91. The van der Waals surface area contributed by atoms with Gasteiger partial charge in [-0.25, -0.2) is 0 Å². The molecule has 17 heavy (non-hydrogen) atoms. The van der Waals surface area contributed by atoms with Gasteiger partial charge in [-0.05, 0) is 43.5 Å². The lowest BCUT2D eigenvalue weighted by Crippen LogP contribution is -2.34. The van der Waals surface area contributed by atoms with Crippen molar-refractivity contribution in [2.24, 2.45) is 5.92 Å². The van der Waals surface area contributed by atoms with E-state index in [-0.39, 0.29) is 0 Å². The van der Waals surface area contributed by atoms with Crippen molar-refractivity contribution in [1.82, 2.24) is 5.32 Å². The number of hydrogen-bond acceptors (Lipinski definition) is 1. The van der Waals surface area contributed by atoms with Gasteiger partial charge >= 0.3 is 0 Å². The predicted octanol–water partition coefficient (Wildman–Crippen LogP) is 4.41. The number of hydrogen-bond donors (Lipinski definition) is 1. The number of nitrogens with one attached hydrogen (secondary N) is 1. The molecule has 0 saturated heterocycles. The highest BCUT2D eigenvalue weighted by Crippen LogP contribution is 2.18. The molecule has 0 bridgehead atoms. The van der Waals surface area contributed by atoms with E-state index in [1.165, 1.54) is 29.3 Å². The van der Waals surface area contributed by atoms with E-state index in [0.717, 1.165) is 12.3 Å². The van der Waals surface area contributed by atoms with Crippen LogP contribution in [0.25, 0.3) is 0 Å². The molecular weight excluding hydrogens is 274 g/mol. The average Bonchev–Trinajstić information content (AvgIpc) is 2.33. The topological polar surface area (TPSA) is 12.0 Å². The molecule has 0 fully saturated rings. The van der Waals surface area contributed by atoms with Crippen LogP contribution in [-0.2, 0) is 6.42 Å². The Balaban J connectivity index is 2.56. The maximum Gasteiger partial charge on any atom is 0.0178 e.